The number of carbonyl (C=O) groups is 2. The van der Waals surface area contributed by atoms with Gasteiger partial charge >= 0.3 is 0 Å². The van der Waals surface area contributed by atoms with Crippen LogP contribution in [0.1, 0.15) is 17.4 Å². The monoisotopic (exact) mass is 400 g/mol. The molecule has 7 nitrogen and oxygen atoms in total. The number of rotatable bonds is 5. The minimum Gasteiger partial charge on any atom is -0.463 e. The molecule has 30 heavy (non-hydrogen) atoms. The lowest BCUT2D eigenvalue weighted by molar-refractivity contribution is -0.116. The Morgan fingerprint density at radius 2 is 1.73 bits per heavy atom. The lowest BCUT2D eigenvalue weighted by Gasteiger charge is -2.15. The molecule has 4 aromatic rings. The molecular weight excluding hydrogens is 380 g/mol. The molecule has 0 unspecified atom stereocenters. The predicted molar refractivity (Wildman–Crippen MR) is 115 cm³/mol. The van der Waals surface area contributed by atoms with E-state index in [9.17, 15) is 9.59 Å². The highest BCUT2D eigenvalue weighted by molar-refractivity contribution is 6.04. The average Bonchev–Trinajstić information content (AvgIpc) is 3.44. The quantitative estimate of drug-likeness (QED) is 0.540. The first-order chi connectivity index (χ1) is 14.5. The molecule has 0 radical (unpaired) electrons. The molecule has 7 heteroatoms. The topological polar surface area (TPSA) is 80.4 Å². The molecule has 4 rings (SSSR count). The smallest absolute Gasteiger partial charge is 0.274 e. The maximum Gasteiger partial charge on any atom is 0.274 e. The van der Waals surface area contributed by atoms with E-state index in [0.29, 0.717) is 22.8 Å². The van der Waals surface area contributed by atoms with Crippen LogP contribution in [-0.4, -0.2) is 28.6 Å². The van der Waals surface area contributed by atoms with Crippen LogP contribution in [0.2, 0.25) is 0 Å². The van der Waals surface area contributed by atoms with E-state index < -0.39 is 0 Å². The molecule has 0 aliphatic carbocycles. The van der Waals surface area contributed by atoms with E-state index in [-0.39, 0.29) is 11.8 Å². The van der Waals surface area contributed by atoms with Crippen molar-refractivity contribution in [1.82, 2.24) is 9.78 Å². The fourth-order valence-electron chi connectivity index (χ4n) is 3.00. The second-order valence-electron chi connectivity index (χ2n) is 6.72. The number of para-hydroxylation sites is 1. The SMILES string of the molecule is CC(=O)N(C)c1ccc(NC(=O)c2cc(-c3ccco3)nn2-c2ccccc2)cc1. The largest absolute Gasteiger partial charge is 0.463 e. The second kappa shape index (κ2) is 8.08. The van der Waals surface area contributed by atoms with E-state index in [4.69, 9.17) is 4.42 Å². The zero-order valence-electron chi connectivity index (χ0n) is 16.6. The van der Waals surface area contributed by atoms with E-state index in [0.717, 1.165) is 11.4 Å². The van der Waals surface area contributed by atoms with Crippen molar-refractivity contribution in [3.63, 3.8) is 0 Å². The van der Waals surface area contributed by atoms with Gasteiger partial charge in [0.15, 0.2) is 5.76 Å². The average molecular weight is 400 g/mol. The highest BCUT2D eigenvalue weighted by atomic mass is 16.3. The van der Waals surface area contributed by atoms with Gasteiger partial charge in [-0.15, -0.1) is 0 Å². The number of carbonyl (C=O) groups excluding carboxylic acids is 2. The van der Waals surface area contributed by atoms with E-state index >= 15 is 0 Å². The Hall–Kier alpha value is -4.13. The van der Waals surface area contributed by atoms with Crippen molar-refractivity contribution in [1.29, 1.82) is 0 Å². The number of nitrogens with one attached hydrogen (secondary N) is 1. The van der Waals surface area contributed by atoms with Crippen LogP contribution in [0.5, 0.6) is 0 Å². The third-order valence-corrected chi connectivity index (χ3v) is 4.70. The zero-order chi connectivity index (χ0) is 21.1. The van der Waals surface area contributed by atoms with Gasteiger partial charge < -0.3 is 14.6 Å². The summed E-state index contributed by atoms with van der Waals surface area (Å²) in [4.78, 5) is 26.1. The number of furan rings is 1. The van der Waals surface area contributed by atoms with E-state index in [1.54, 1.807) is 60.5 Å². The molecule has 2 amide bonds. The van der Waals surface area contributed by atoms with Gasteiger partial charge in [0, 0.05) is 31.4 Å². The molecule has 2 aromatic carbocycles. The second-order valence-corrected chi connectivity index (χ2v) is 6.72. The highest BCUT2D eigenvalue weighted by Crippen LogP contribution is 2.23. The summed E-state index contributed by atoms with van der Waals surface area (Å²) in [5.41, 5.74) is 3.06. The molecule has 0 spiro atoms. The van der Waals surface area contributed by atoms with Crippen molar-refractivity contribution < 1.29 is 14.0 Å². The van der Waals surface area contributed by atoms with Crippen LogP contribution in [0.15, 0.2) is 83.5 Å². The fourth-order valence-corrected chi connectivity index (χ4v) is 3.00. The van der Waals surface area contributed by atoms with Gasteiger partial charge in [-0.3, -0.25) is 9.59 Å². The third-order valence-electron chi connectivity index (χ3n) is 4.70. The summed E-state index contributed by atoms with van der Waals surface area (Å²) in [7, 11) is 1.70. The molecule has 0 aliphatic rings. The first kappa shape index (κ1) is 19.2. The maximum absolute atomic E-state index is 13.1. The third kappa shape index (κ3) is 3.86. The van der Waals surface area contributed by atoms with Crippen LogP contribution < -0.4 is 10.2 Å². The number of hydrogen-bond acceptors (Lipinski definition) is 4. The Labute approximate surface area is 173 Å². The van der Waals surface area contributed by atoms with E-state index in [1.807, 2.05) is 30.3 Å². The Kier molecular flexibility index (Phi) is 5.17. The van der Waals surface area contributed by atoms with Crippen molar-refractivity contribution in [2.24, 2.45) is 0 Å². The molecule has 0 atom stereocenters. The van der Waals surface area contributed by atoms with Gasteiger partial charge in [0.2, 0.25) is 5.91 Å². The summed E-state index contributed by atoms with van der Waals surface area (Å²) in [5, 5.41) is 7.45. The lowest BCUT2D eigenvalue weighted by Crippen LogP contribution is -2.22. The van der Waals surface area contributed by atoms with Crippen molar-refractivity contribution in [3.05, 3.63) is 84.8 Å². The fraction of sp³-hybridized carbons (Fsp3) is 0.0870. The summed E-state index contributed by atoms with van der Waals surface area (Å²) in [6.07, 6.45) is 1.57. The summed E-state index contributed by atoms with van der Waals surface area (Å²) in [5.74, 6) is 0.205. The van der Waals surface area contributed by atoms with Crippen molar-refractivity contribution in [2.45, 2.75) is 6.92 Å². The lowest BCUT2D eigenvalue weighted by atomic mass is 10.2. The summed E-state index contributed by atoms with van der Waals surface area (Å²) < 4.78 is 7.03. The van der Waals surface area contributed by atoms with Crippen molar-refractivity contribution in [2.75, 3.05) is 17.3 Å². The number of amides is 2. The van der Waals surface area contributed by atoms with Gasteiger partial charge in [-0.1, -0.05) is 18.2 Å². The van der Waals surface area contributed by atoms with Crippen LogP contribution in [-0.2, 0) is 4.79 Å². The van der Waals surface area contributed by atoms with Crippen molar-refractivity contribution >= 4 is 23.2 Å². The Bertz CT molecular complexity index is 1160. The Morgan fingerprint density at radius 1 is 1.00 bits per heavy atom. The number of aromatic nitrogens is 2. The minimum atomic E-state index is -0.308. The highest BCUT2D eigenvalue weighted by Gasteiger charge is 2.19. The van der Waals surface area contributed by atoms with Crippen LogP contribution in [0.4, 0.5) is 11.4 Å². The normalized spacial score (nSPS) is 10.6. The maximum atomic E-state index is 13.1. The summed E-state index contributed by atoms with van der Waals surface area (Å²) in [6.45, 7) is 1.50. The van der Waals surface area contributed by atoms with Gasteiger partial charge in [0.25, 0.3) is 5.91 Å². The zero-order valence-corrected chi connectivity index (χ0v) is 16.6. The van der Waals surface area contributed by atoms with Gasteiger partial charge in [0.05, 0.1) is 12.0 Å². The molecule has 150 valence electrons. The number of anilines is 2. The molecule has 0 saturated heterocycles. The van der Waals surface area contributed by atoms with Gasteiger partial charge in [-0.25, -0.2) is 4.68 Å². The number of nitrogens with zero attached hydrogens (tertiary/aromatic N) is 3. The van der Waals surface area contributed by atoms with Crippen molar-refractivity contribution in [3.8, 4) is 17.1 Å². The van der Waals surface area contributed by atoms with Crippen LogP contribution >= 0.6 is 0 Å². The molecule has 0 bridgehead atoms. The molecule has 2 heterocycles. The van der Waals surface area contributed by atoms with E-state index in [2.05, 4.69) is 10.4 Å². The molecular formula is C23H20N4O3. The number of hydrogen-bond donors (Lipinski definition) is 1. The van der Waals surface area contributed by atoms with E-state index in [1.165, 1.54) is 11.8 Å². The molecule has 1 N–H and O–H groups in total. The summed E-state index contributed by atoms with van der Waals surface area (Å²) in [6, 6.07) is 21.8. The molecule has 0 saturated carbocycles. The predicted octanol–water partition coefficient (Wildman–Crippen LogP) is 4.37. The Balaban J connectivity index is 1.64. The van der Waals surface area contributed by atoms with Gasteiger partial charge in [0.1, 0.15) is 11.4 Å². The first-order valence-corrected chi connectivity index (χ1v) is 9.38. The Morgan fingerprint density at radius 3 is 2.37 bits per heavy atom. The minimum absolute atomic E-state index is 0.0657. The number of benzene rings is 2. The summed E-state index contributed by atoms with van der Waals surface area (Å²) >= 11 is 0. The molecule has 0 aliphatic heterocycles. The van der Waals surface area contributed by atoms with Crippen LogP contribution in [0.3, 0.4) is 0 Å². The molecule has 2 aromatic heterocycles. The van der Waals surface area contributed by atoms with Gasteiger partial charge in [-0.05, 0) is 48.5 Å². The standard InChI is InChI=1S/C23H20N4O3/c1-16(28)26(2)18-12-10-17(11-13-18)24-23(29)21-15-20(22-9-6-14-30-22)25-27(21)19-7-4-3-5-8-19/h3-15H,1-2H3,(H,24,29). The first-order valence-electron chi connectivity index (χ1n) is 9.38. The van der Waals surface area contributed by atoms with Gasteiger partial charge in [-0.2, -0.15) is 5.10 Å². The van der Waals surface area contributed by atoms with Crippen LogP contribution in [0, 0.1) is 0 Å². The molecule has 0 fully saturated rings. The van der Waals surface area contributed by atoms with Crippen LogP contribution in [0.25, 0.3) is 17.1 Å².